The molecule has 1 aromatic carbocycles. The monoisotopic (exact) mass is 276 g/mol. The van der Waals surface area contributed by atoms with Crippen molar-refractivity contribution in [1.82, 2.24) is 0 Å². The van der Waals surface area contributed by atoms with E-state index in [1.165, 1.54) is 11.3 Å². The normalized spacial score (nSPS) is 18.1. The molecule has 1 aromatic rings. The lowest BCUT2D eigenvalue weighted by Gasteiger charge is -2.33. The summed E-state index contributed by atoms with van der Waals surface area (Å²) in [4.78, 5) is 2.44. The SMILES string of the molecule is CCCC(C)Oc1ccc(N2CCC(N)CC2)c(C)c1. The Kier molecular flexibility index (Phi) is 5.30. The summed E-state index contributed by atoms with van der Waals surface area (Å²) >= 11 is 0. The van der Waals surface area contributed by atoms with Gasteiger partial charge in [0.05, 0.1) is 6.10 Å². The van der Waals surface area contributed by atoms with Gasteiger partial charge in [-0.3, -0.25) is 0 Å². The Morgan fingerprint density at radius 2 is 2.05 bits per heavy atom. The van der Waals surface area contributed by atoms with Crippen molar-refractivity contribution in [3.8, 4) is 5.75 Å². The fraction of sp³-hybridized carbons (Fsp3) is 0.647. The molecule has 0 saturated carbocycles. The lowest BCUT2D eigenvalue weighted by Crippen LogP contribution is -2.39. The second kappa shape index (κ2) is 6.98. The lowest BCUT2D eigenvalue weighted by atomic mass is 10.0. The maximum absolute atomic E-state index is 5.97. The zero-order valence-electron chi connectivity index (χ0n) is 13.1. The van der Waals surface area contributed by atoms with Crippen molar-refractivity contribution in [2.24, 2.45) is 5.73 Å². The minimum atomic E-state index is 0.290. The van der Waals surface area contributed by atoms with Gasteiger partial charge in [-0.15, -0.1) is 0 Å². The van der Waals surface area contributed by atoms with Crippen LogP contribution in [-0.2, 0) is 0 Å². The molecule has 2 rings (SSSR count). The fourth-order valence-corrected chi connectivity index (χ4v) is 2.89. The van der Waals surface area contributed by atoms with Gasteiger partial charge >= 0.3 is 0 Å². The molecule has 1 aliphatic rings. The van der Waals surface area contributed by atoms with Gasteiger partial charge in [0.25, 0.3) is 0 Å². The van der Waals surface area contributed by atoms with Crippen LogP contribution in [0.2, 0.25) is 0 Å². The van der Waals surface area contributed by atoms with Crippen molar-refractivity contribution in [2.75, 3.05) is 18.0 Å². The molecule has 20 heavy (non-hydrogen) atoms. The highest BCUT2D eigenvalue weighted by Gasteiger charge is 2.18. The molecule has 112 valence electrons. The number of rotatable bonds is 5. The summed E-state index contributed by atoms with van der Waals surface area (Å²) in [7, 11) is 0. The van der Waals surface area contributed by atoms with Gasteiger partial charge in [-0.05, 0) is 56.9 Å². The van der Waals surface area contributed by atoms with Crippen LogP contribution >= 0.6 is 0 Å². The lowest BCUT2D eigenvalue weighted by molar-refractivity contribution is 0.210. The van der Waals surface area contributed by atoms with E-state index in [-0.39, 0.29) is 0 Å². The smallest absolute Gasteiger partial charge is 0.120 e. The summed E-state index contributed by atoms with van der Waals surface area (Å²) in [5, 5.41) is 0. The van der Waals surface area contributed by atoms with Crippen LogP contribution in [0.25, 0.3) is 0 Å². The first-order chi connectivity index (χ1) is 9.60. The average Bonchev–Trinajstić information content (AvgIpc) is 2.40. The number of nitrogens with two attached hydrogens (primary N) is 1. The van der Waals surface area contributed by atoms with Crippen LogP contribution in [0.1, 0.15) is 45.1 Å². The third-order valence-electron chi connectivity index (χ3n) is 4.08. The first-order valence-corrected chi connectivity index (χ1v) is 7.88. The molecule has 1 aliphatic heterocycles. The molecule has 1 heterocycles. The fourth-order valence-electron chi connectivity index (χ4n) is 2.89. The van der Waals surface area contributed by atoms with Crippen LogP contribution in [0.15, 0.2) is 18.2 Å². The molecule has 1 unspecified atom stereocenters. The van der Waals surface area contributed by atoms with Gasteiger partial charge < -0.3 is 15.4 Å². The molecule has 0 amide bonds. The summed E-state index contributed by atoms with van der Waals surface area (Å²) in [5.41, 5.74) is 8.59. The average molecular weight is 276 g/mol. The van der Waals surface area contributed by atoms with E-state index < -0.39 is 0 Å². The van der Waals surface area contributed by atoms with Crippen molar-refractivity contribution in [3.63, 3.8) is 0 Å². The van der Waals surface area contributed by atoms with E-state index in [2.05, 4.69) is 43.9 Å². The standard InChI is InChI=1S/C17H28N2O/c1-4-5-14(3)20-16-6-7-17(13(2)12-16)19-10-8-15(18)9-11-19/h6-7,12,14-15H,4-5,8-11,18H2,1-3H3. The van der Waals surface area contributed by atoms with Crippen molar-refractivity contribution in [3.05, 3.63) is 23.8 Å². The predicted octanol–water partition coefficient (Wildman–Crippen LogP) is 3.49. The van der Waals surface area contributed by atoms with E-state index in [1.54, 1.807) is 0 Å². The largest absolute Gasteiger partial charge is 0.491 e. The van der Waals surface area contributed by atoms with Gasteiger partial charge in [-0.25, -0.2) is 0 Å². The molecule has 0 radical (unpaired) electrons. The number of hydrogen-bond acceptors (Lipinski definition) is 3. The maximum atomic E-state index is 5.97. The summed E-state index contributed by atoms with van der Waals surface area (Å²) in [6.45, 7) is 8.62. The Balaban J connectivity index is 2.02. The maximum Gasteiger partial charge on any atom is 0.120 e. The summed E-state index contributed by atoms with van der Waals surface area (Å²) in [6, 6.07) is 6.84. The first-order valence-electron chi connectivity index (χ1n) is 7.88. The molecule has 2 N–H and O–H groups in total. The van der Waals surface area contributed by atoms with Gasteiger partial charge in [0.15, 0.2) is 0 Å². The Morgan fingerprint density at radius 1 is 1.35 bits per heavy atom. The van der Waals surface area contributed by atoms with Gasteiger partial charge in [0.1, 0.15) is 5.75 Å². The molecule has 3 heteroatoms. The third-order valence-corrected chi connectivity index (χ3v) is 4.08. The van der Waals surface area contributed by atoms with Crippen LogP contribution in [0, 0.1) is 6.92 Å². The van der Waals surface area contributed by atoms with E-state index in [1.807, 2.05) is 0 Å². The minimum absolute atomic E-state index is 0.290. The molecular weight excluding hydrogens is 248 g/mol. The van der Waals surface area contributed by atoms with Crippen molar-refractivity contribution < 1.29 is 4.74 Å². The van der Waals surface area contributed by atoms with Gasteiger partial charge in [0.2, 0.25) is 0 Å². The molecule has 0 aromatic heterocycles. The number of anilines is 1. The molecule has 0 spiro atoms. The van der Waals surface area contributed by atoms with E-state index in [0.717, 1.165) is 44.5 Å². The van der Waals surface area contributed by atoms with Crippen LogP contribution in [0.4, 0.5) is 5.69 Å². The first kappa shape index (κ1) is 15.2. The minimum Gasteiger partial charge on any atom is -0.491 e. The second-order valence-electron chi connectivity index (χ2n) is 5.99. The zero-order chi connectivity index (χ0) is 14.5. The number of piperidine rings is 1. The number of aryl methyl sites for hydroxylation is 1. The Bertz CT molecular complexity index is 425. The van der Waals surface area contributed by atoms with Gasteiger partial charge in [0, 0.05) is 24.8 Å². The van der Waals surface area contributed by atoms with Crippen LogP contribution in [0.3, 0.4) is 0 Å². The Hall–Kier alpha value is -1.22. The molecular formula is C17H28N2O. The third kappa shape index (κ3) is 3.89. The number of hydrogen-bond donors (Lipinski definition) is 1. The highest BCUT2D eigenvalue weighted by atomic mass is 16.5. The topological polar surface area (TPSA) is 38.5 Å². The molecule has 1 fully saturated rings. The molecule has 1 saturated heterocycles. The van der Waals surface area contributed by atoms with Crippen LogP contribution < -0.4 is 15.4 Å². The van der Waals surface area contributed by atoms with Crippen LogP contribution in [0.5, 0.6) is 5.75 Å². The molecule has 3 nitrogen and oxygen atoms in total. The predicted molar refractivity (Wildman–Crippen MR) is 85.6 cm³/mol. The number of benzene rings is 1. The summed E-state index contributed by atoms with van der Waals surface area (Å²) < 4.78 is 5.96. The number of nitrogens with zero attached hydrogens (tertiary/aromatic N) is 1. The van der Waals surface area contributed by atoms with Crippen LogP contribution in [-0.4, -0.2) is 25.2 Å². The van der Waals surface area contributed by atoms with Crippen molar-refractivity contribution >= 4 is 5.69 Å². The van der Waals surface area contributed by atoms with Gasteiger partial charge in [-0.2, -0.15) is 0 Å². The number of ether oxygens (including phenoxy) is 1. The quantitative estimate of drug-likeness (QED) is 0.894. The summed E-state index contributed by atoms with van der Waals surface area (Å²) in [6.07, 6.45) is 4.73. The van der Waals surface area contributed by atoms with Gasteiger partial charge in [-0.1, -0.05) is 13.3 Å². The van der Waals surface area contributed by atoms with Crippen molar-refractivity contribution in [2.45, 2.75) is 58.6 Å². The molecule has 0 bridgehead atoms. The van der Waals surface area contributed by atoms with E-state index in [4.69, 9.17) is 10.5 Å². The van der Waals surface area contributed by atoms with E-state index in [0.29, 0.717) is 12.1 Å². The van der Waals surface area contributed by atoms with E-state index >= 15 is 0 Å². The Morgan fingerprint density at radius 3 is 2.65 bits per heavy atom. The molecule has 0 aliphatic carbocycles. The highest BCUT2D eigenvalue weighted by molar-refractivity contribution is 5.56. The zero-order valence-corrected chi connectivity index (χ0v) is 13.1. The summed E-state index contributed by atoms with van der Waals surface area (Å²) in [5.74, 6) is 0.987. The highest BCUT2D eigenvalue weighted by Crippen LogP contribution is 2.27. The second-order valence-corrected chi connectivity index (χ2v) is 5.99. The molecule has 1 atom stereocenters. The van der Waals surface area contributed by atoms with Crippen molar-refractivity contribution in [1.29, 1.82) is 0 Å². The Labute approximate surface area is 123 Å². The van der Waals surface area contributed by atoms with E-state index in [9.17, 15) is 0 Å².